The van der Waals surface area contributed by atoms with Crippen molar-refractivity contribution >= 4 is 35.6 Å². The van der Waals surface area contributed by atoms with Crippen LogP contribution >= 0.6 is 24.0 Å². The van der Waals surface area contributed by atoms with Crippen LogP contribution in [0.1, 0.15) is 30.9 Å². The number of aryl methyl sites for hydroxylation is 1. The van der Waals surface area contributed by atoms with Gasteiger partial charge in [0, 0.05) is 31.8 Å². The van der Waals surface area contributed by atoms with Gasteiger partial charge in [-0.05, 0) is 25.0 Å². The van der Waals surface area contributed by atoms with E-state index in [1.165, 1.54) is 19.3 Å². The van der Waals surface area contributed by atoms with Crippen molar-refractivity contribution in [1.82, 2.24) is 20.1 Å². The molecule has 0 aliphatic carbocycles. The third kappa shape index (κ3) is 5.24. The third-order valence-electron chi connectivity index (χ3n) is 4.47. The fourth-order valence-electron chi connectivity index (χ4n) is 3.07. The second-order valence-corrected chi connectivity index (χ2v) is 6.12. The van der Waals surface area contributed by atoms with E-state index >= 15 is 0 Å². The average molecular weight is 486 g/mol. The Kier molecular flexibility index (Phi) is 8.14. The molecular formula is C18H27IN6O2. The van der Waals surface area contributed by atoms with Gasteiger partial charge >= 0.3 is 0 Å². The monoisotopic (exact) mass is 486 g/mol. The number of halogens is 1. The molecule has 0 atom stereocenters. The highest BCUT2D eigenvalue weighted by molar-refractivity contribution is 14.0. The van der Waals surface area contributed by atoms with Gasteiger partial charge in [-0.15, -0.1) is 34.2 Å². The normalized spacial score (nSPS) is 13.8. The largest absolute Gasteiger partial charge is 0.493 e. The molecule has 2 aromatic rings. The number of rotatable bonds is 5. The van der Waals surface area contributed by atoms with Gasteiger partial charge in [0.05, 0.1) is 20.8 Å². The summed E-state index contributed by atoms with van der Waals surface area (Å²) in [4.78, 5) is 4.28. The van der Waals surface area contributed by atoms with Crippen LogP contribution in [0.3, 0.4) is 0 Å². The molecule has 0 amide bonds. The van der Waals surface area contributed by atoms with E-state index in [-0.39, 0.29) is 24.0 Å². The van der Waals surface area contributed by atoms with Crippen LogP contribution in [0.25, 0.3) is 0 Å². The van der Waals surface area contributed by atoms with Gasteiger partial charge in [0.1, 0.15) is 5.82 Å². The first-order chi connectivity index (χ1) is 12.7. The van der Waals surface area contributed by atoms with Crippen molar-refractivity contribution in [1.29, 1.82) is 0 Å². The van der Waals surface area contributed by atoms with E-state index in [1.54, 1.807) is 21.3 Å². The lowest BCUT2D eigenvalue weighted by Gasteiger charge is -2.14. The highest BCUT2D eigenvalue weighted by Gasteiger charge is 2.15. The molecule has 8 nitrogen and oxygen atoms in total. The zero-order valence-electron chi connectivity index (χ0n) is 16.0. The molecule has 1 aromatic carbocycles. The zero-order valence-corrected chi connectivity index (χ0v) is 18.3. The Morgan fingerprint density at radius 2 is 1.96 bits per heavy atom. The summed E-state index contributed by atoms with van der Waals surface area (Å²) in [6, 6.07) is 5.64. The zero-order chi connectivity index (χ0) is 18.4. The number of methoxy groups -OCH3 is 2. The Labute approximate surface area is 176 Å². The molecule has 0 fully saturated rings. The Hall–Kier alpha value is -2.04. The standard InChI is InChI=1S/C18H26N6O2.HI/c1-19-18(21-13-8-9-14(25-2)15(11-13)26-3)20-12-17-23-22-16-7-5-4-6-10-24(16)17;/h8-9,11H,4-7,10,12H2,1-3H3,(H2,19,20,21);1H. The van der Waals surface area contributed by atoms with Gasteiger partial charge in [-0.25, -0.2) is 0 Å². The van der Waals surface area contributed by atoms with E-state index in [2.05, 4.69) is 30.4 Å². The summed E-state index contributed by atoms with van der Waals surface area (Å²) in [5.74, 6) is 4.03. The van der Waals surface area contributed by atoms with Crippen LogP contribution in [-0.2, 0) is 19.5 Å². The molecular weight excluding hydrogens is 459 g/mol. The van der Waals surface area contributed by atoms with Gasteiger partial charge in [-0.1, -0.05) is 6.42 Å². The number of ether oxygens (including phenoxy) is 2. The number of aromatic nitrogens is 3. The highest BCUT2D eigenvalue weighted by Crippen LogP contribution is 2.29. The summed E-state index contributed by atoms with van der Waals surface area (Å²) >= 11 is 0. The molecule has 2 heterocycles. The summed E-state index contributed by atoms with van der Waals surface area (Å²) in [6.07, 6.45) is 4.62. The quantitative estimate of drug-likeness (QED) is 0.384. The molecule has 0 bridgehead atoms. The number of guanidine groups is 1. The van der Waals surface area contributed by atoms with E-state index < -0.39 is 0 Å². The number of hydrogen-bond acceptors (Lipinski definition) is 5. The molecule has 148 valence electrons. The average Bonchev–Trinajstić information content (AvgIpc) is 2.90. The number of nitrogens with one attached hydrogen (secondary N) is 2. The second kappa shape index (κ2) is 10.3. The molecule has 1 aliphatic heterocycles. The summed E-state index contributed by atoms with van der Waals surface area (Å²) in [7, 11) is 4.97. The molecule has 9 heteroatoms. The Bertz CT molecular complexity index is 777. The van der Waals surface area contributed by atoms with E-state index in [0.29, 0.717) is 24.0 Å². The van der Waals surface area contributed by atoms with Crippen LogP contribution in [0.15, 0.2) is 23.2 Å². The maximum atomic E-state index is 5.34. The lowest BCUT2D eigenvalue weighted by atomic mass is 10.2. The van der Waals surface area contributed by atoms with Gasteiger partial charge < -0.3 is 24.7 Å². The molecule has 1 aliphatic rings. The maximum absolute atomic E-state index is 5.34. The van der Waals surface area contributed by atoms with Crippen molar-refractivity contribution in [3.05, 3.63) is 29.8 Å². The predicted octanol–water partition coefficient (Wildman–Crippen LogP) is 2.83. The number of nitrogens with zero attached hydrogens (tertiary/aromatic N) is 4. The van der Waals surface area contributed by atoms with Crippen molar-refractivity contribution in [3.8, 4) is 11.5 Å². The van der Waals surface area contributed by atoms with Gasteiger partial charge in [-0.2, -0.15) is 0 Å². The van der Waals surface area contributed by atoms with Crippen molar-refractivity contribution in [3.63, 3.8) is 0 Å². The van der Waals surface area contributed by atoms with Crippen LogP contribution in [0.5, 0.6) is 11.5 Å². The molecule has 2 N–H and O–H groups in total. The van der Waals surface area contributed by atoms with Gasteiger partial charge in [0.2, 0.25) is 0 Å². The van der Waals surface area contributed by atoms with Gasteiger partial charge in [0.25, 0.3) is 0 Å². The molecule has 3 rings (SSSR count). The first-order valence-corrected chi connectivity index (χ1v) is 8.85. The van der Waals surface area contributed by atoms with Crippen LogP contribution < -0.4 is 20.1 Å². The van der Waals surface area contributed by atoms with E-state index in [4.69, 9.17) is 9.47 Å². The molecule has 0 radical (unpaired) electrons. The molecule has 0 saturated heterocycles. The van der Waals surface area contributed by atoms with Gasteiger partial charge in [-0.3, -0.25) is 4.99 Å². The highest BCUT2D eigenvalue weighted by atomic mass is 127. The van der Waals surface area contributed by atoms with E-state index in [9.17, 15) is 0 Å². The minimum atomic E-state index is 0. The number of aliphatic imine (C=N–C) groups is 1. The molecule has 1 aromatic heterocycles. The number of benzene rings is 1. The maximum Gasteiger partial charge on any atom is 0.195 e. The van der Waals surface area contributed by atoms with Crippen LogP contribution in [0.4, 0.5) is 5.69 Å². The lowest BCUT2D eigenvalue weighted by molar-refractivity contribution is 0.355. The predicted molar refractivity (Wildman–Crippen MR) is 116 cm³/mol. The first-order valence-electron chi connectivity index (χ1n) is 8.85. The third-order valence-corrected chi connectivity index (χ3v) is 4.47. The molecule has 27 heavy (non-hydrogen) atoms. The Morgan fingerprint density at radius 1 is 1.15 bits per heavy atom. The number of fused-ring (bicyclic) bond motifs is 1. The summed E-state index contributed by atoms with van der Waals surface area (Å²) < 4.78 is 12.8. The number of hydrogen-bond donors (Lipinski definition) is 2. The van der Waals surface area contributed by atoms with Crippen molar-refractivity contribution in [2.24, 2.45) is 4.99 Å². The first kappa shape index (κ1) is 21.3. The summed E-state index contributed by atoms with van der Waals surface area (Å²) in [5.41, 5.74) is 0.857. The molecule has 0 spiro atoms. The minimum Gasteiger partial charge on any atom is -0.493 e. The van der Waals surface area contributed by atoms with E-state index in [0.717, 1.165) is 30.3 Å². The van der Waals surface area contributed by atoms with Crippen LogP contribution in [-0.4, -0.2) is 42.0 Å². The topological polar surface area (TPSA) is 85.6 Å². The van der Waals surface area contributed by atoms with Crippen molar-refractivity contribution in [2.75, 3.05) is 26.6 Å². The smallest absolute Gasteiger partial charge is 0.195 e. The van der Waals surface area contributed by atoms with Crippen molar-refractivity contribution < 1.29 is 9.47 Å². The summed E-state index contributed by atoms with van der Waals surface area (Å²) in [5, 5.41) is 15.2. The fourth-order valence-corrected chi connectivity index (χ4v) is 3.07. The van der Waals surface area contributed by atoms with Crippen molar-refractivity contribution in [2.45, 2.75) is 38.8 Å². The Balaban J connectivity index is 0.00000261. The molecule has 0 unspecified atom stereocenters. The minimum absolute atomic E-state index is 0. The number of anilines is 1. The fraction of sp³-hybridized carbons (Fsp3) is 0.500. The summed E-state index contributed by atoms with van der Waals surface area (Å²) in [6.45, 7) is 1.56. The Morgan fingerprint density at radius 3 is 2.70 bits per heavy atom. The van der Waals surface area contributed by atoms with Crippen LogP contribution in [0.2, 0.25) is 0 Å². The SMILES string of the molecule is CN=C(NCc1nnc2n1CCCCC2)Nc1ccc(OC)c(OC)c1.I. The second-order valence-electron chi connectivity index (χ2n) is 6.12. The van der Waals surface area contributed by atoms with E-state index in [1.807, 2.05) is 18.2 Å². The molecule has 0 saturated carbocycles. The lowest BCUT2D eigenvalue weighted by Crippen LogP contribution is -2.31. The van der Waals surface area contributed by atoms with Gasteiger partial charge in [0.15, 0.2) is 23.3 Å². The van der Waals surface area contributed by atoms with Crippen LogP contribution in [0, 0.1) is 0 Å².